The summed E-state index contributed by atoms with van der Waals surface area (Å²) in [5, 5.41) is 8.74. The molecule has 1 aromatic rings. The number of aliphatic hydroxyl groups excluding tert-OH is 1. The summed E-state index contributed by atoms with van der Waals surface area (Å²) in [5.74, 6) is 0. The lowest BCUT2D eigenvalue weighted by Gasteiger charge is -2.03. The Bertz CT molecular complexity index is 408. The fourth-order valence-corrected chi connectivity index (χ4v) is 1.80. The molecule has 0 saturated carbocycles. The van der Waals surface area contributed by atoms with Gasteiger partial charge in [0.05, 0.1) is 11.5 Å². The van der Waals surface area contributed by atoms with Crippen LogP contribution in [-0.4, -0.2) is 18.1 Å². The van der Waals surface area contributed by atoms with Crippen LogP contribution in [-0.2, 0) is 16.7 Å². The molecular formula is C8H10O4S. The van der Waals surface area contributed by atoms with Gasteiger partial charge in [0.15, 0.2) is 0 Å². The van der Waals surface area contributed by atoms with Crippen molar-refractivity contribution in [3.05, 3.63) is 29.3 Å². The Morgan fingerprint density at radius 1 is 1.38 bits per heavy atom. The number of rotatable bonds is 2. The first-order valence-electron chi connectivity index (χ1n) is 3.63. The molecule has 4 nitrogen and oxygen atoms in total. The van der Waals surface area contributed by atoms with Crippen LogP contribution in [0.3, 0.4) is 0 Å². The highest BCUT2D eigenvalue weighted by atomic mass is 32.2. The fraction of sp³-hybridized carbons (Fsp3) is 0.250. The second-order valence-corrected chi connectivity index (χ2v) is 4.12. The topological polar surface area (TPSA) is 74.6 Å². The second-order valence-electron chi connectivity index (χ2n) is 2.73. The Hall–Kier alpha value is -0.910. The summed E-state index contributed by atoms with van der Waals surface area (Å²) in [6, 6.07) is 4.39. The van der Waals surface area contributed by atoms with Crippen LogP contribution in [0.5, 0.6) is 0 Å². The van der Waals surface area contributed by atoms with E-state index in [1.165, 1.54) is 12.1 Å². The summed E-state index contributed by atoms with van der Waals surface area (Å²) in [6.45, 7) is 1.33. The van der Waals surface area contributed by atoms with Crippen LogP contribution in [0.2, 0.25) is 0 Å². The second kappa shape index (κ2) is 3.45. The van der Waals surface area contributed by atoms with Crippen LogP contribution in [0.15, 0.2) is 23.1 Å². The molecule has 0 aliphatic heterocycles. The highest BCUT2D eigenvalue weighted by Crippen LogP contribution is 2.16. The molecule has 0 spiro atoms. The average Bonchev–Trinajstić information content (AvgIpc) is 2.03. The summed E-state index contributed by atoms with van der Waals surface area (Å²) in [5.41, 5.74) is 0.915. The van der Waals surface area contributed by atoms with Gasteiger partial charge in [0.2, 0.25) is 0 Å². The molecule has 0 bridgehead atoms. The van der Waals surface area contributed by atoms with Gasteiger partial charge in [-0.25, -0.2) is 0 Å². The van der Waals surface area contributed by atoms with Crippen molar-refractivity contribution in [2.45, 2.75) is 18.4 Å². The van der Waals surface area contributed by atoms with Crippen molar-refractivity contribution in [2.24, 2.45) is 0 Å². The lowest BCUT2D eigenvalue weighted by molar-refractivity contribution is 0.281. The van der Waals surface area contributed by atoms with Crippen LogP contribution in [0.4, 0.5) is 0 Å². The van der Waals surface area contributed by atoms with Crippen LogP contribution in [0, 0.1) is 6.92 Å². The van der Waals surface area contributed by atoms with Gasteiger partial charge in [-0.3, -0.25) is 4.55 Å². The van der Waals surface area contributed by atoms with Gasteiger partial charge in [0.25, 0.3) is 10.1 Å². The smallest absolute Gasteiger partial charge is 0.294 e. The third-order valence-electron chi connectivity index (χ3n) is 1.71. The van der Waals surface area contributed by atoms with Crippen molar-refractivity contribution in [3.8, 4) is 0 Å². The number of aliphatic hydroxyl groups is 1. The lowest BCUT2D eigenvalue weighted by Crippen LogP contribution is -2.01. The normalized spacial score (nSPS) is 11.6. The summed E-state index contributed by atoms with van der Waals surface area (Å²) in [7, 11) is -4.18. The van der Waals surface area contributed by atoms with Gasteiger partial charge < -0.3 is 5.11 Å². The van der Waals surface area contributed by atoms with E-state index in [1.807, 2.05) is 0 Å². The van der Waals surface area contributed by atoms with E-state index in [2.05, 4.69) is 0 Å². The van der Waals surface area contributed by atoms with E-state index in [9.17, 15) is 8.42 Å². The standard InChI is InChI=1S/C8H10O4S/c1-6-2-3-7(5-9)4-8(6)13(10,11)12/h2-4,9H,5H2,1H3,(H,10,11,12). The first kappa shape index (κ1) is 10.2. The molecule has 72 valence electrons. The van der Waals surface area contributed by atoms with Crippen molar-refractivity contribution >= 4 is 10.1 Å². The third-order valence-corrected chi connectivity index (χ3v) is 2.71. The largest absolute Gasteiger partial charge is 0.392 e. The molecular weight excluding hydrogens is 192 g/mol. The maximum Gasteiger partial charge on any atom is 0.294 e. The molecule has 0 radical (unpaired) electrons. The molecule has 0 aliphatic carbocycles. The Morgan fingerprint density at radius 3 is 2.46 bits per heavy atom. The molecule has 1 aromatic carbocycles. The van der Waals surface area contributed by atoms with E-state index >= 15 is 0 Å². The molecule has 13 heavy (non-hydrogen) atoms. The molecule has 2 N–H and O–H groups in total. The van der Waals surface area contributed by atoms with Gasteiger partial charge >= 0.3 is 0 Å². The molecule has 0 unspecified atom stereocenters. The Kier molecular flexibility index (Phi) is 2.70. The molecule has 0 amide bonds. The molecule has 5 heteroatoms. The number of aryl methyl sites for hydroxylation is 1. The predicted molar refractivity (Wildman–Crippen MR) is 46.9 cm³/mol. The van der Waals surface area contributed by atoms with Gasteiger partial charge in [-0.05, 0) is 24.1 Å². The highest BCUT2D eigenvalue weighted by molar-refractivity contribution is 7.85. The number of hydrogen-bond donors (Lipinski definition) is 2. The van der Waals surface area contributed by atoms with E-state index in [1.54, 1.807) is 13.0 Å². The van der Waals surface area contributed by atoms with E-state index in [0.29, 0.717) is 11.1 Å². The molecule has 0 aliphatic rings. The van der Waals surface area contributed by atoms with Gasteiger partial charge in [-0.15, -0.1) is 0 Å². The minimum Gasteiger partial charge on any atom is -0.392 e. The predicted octanol–water partition coefficient (Wildman–Crippen LogP) is 0.734. The molecule has 0 saturated heterocycles. The minimum atomic E-state index is -4.18. The van der Waals surface area contributed by atoms with Crippen molar-refractivity contribution in [2.75, 3.05) is 0 Å². The summed E-state index contributed by atoms with van der Waals surface area (Å²) >= 11 is 0. The minimum absolute atomic E-state index is 0.154. The van der Waals surface area contributed by atoms with E-state index in [4.69, 9.17) is 9.66 Å². The van der Waals surface area contributed by atoms with E-state index in [0.717, 1.165) is 0 Å². The van der Waals surface area contributed by atoms with Crippen molar-refractivity contribution in [3.63, 3.8) is 0 Å². The zero-order chi connectivity index (χ0) is 10.1. The Balaban J connectivity index is 3.36. The highest BCUT2D eigenvalue weighted by Gasteiger charge is 2.12. The fourth-order valence-electron chi connectivity index (χ4n) is 1.02. The van der Waals surface area contributed by atoms with Gasteiger partial charge in [0, 0.05) is 0 Å². The summed E-state index contributed by atoms with van der Waals surface area (Å²) in [4.78, 5) is -0.154. The van der Waals surface area contributed by atoms with Crippen molar-refractivity contribution < 1.29 is 18.1 Å². The summed E-state index contributed by atoms with van der Waals surface area (Å²) < 4.78 is 30.4. The summed E-state index contributed by atoms with van der Waals surface area (Å²) in [6.07, 6.45) is 0. The molecule has 0 heterocycles. The zero-order valence-corrected chi connectivity index (χ0v) is 7.87. The Morgan fingerprint density at radius 2 is 2.00 bits per heavy atom. The maximum atomic E-state index is 10.8. The van der Waals surface area contributed by atoms with Crippen LogP contribution in [0.1, 0.15) is 11.1 Å². The van der Waals surface area contributed by atoms with Crippen molar-refractivity contribution in [1.29, 1.82) is 0 Å². The van der Waals surface area contributed by atoms with Gasteiger partial charge in [-0.2, -0.15) is 8.42 Å². The van der Waals surface area contributed by atoms with Crippen LogP contribution < -0.4 is 0 Å². The quantitative estimate of drug-likeness (QED) is 0.693. The Labute approximate surface area is 76.6 Å². The average molecular weight is 202 g/mol. The molecule has 0 aromatic heterocycles. The first-order valence-corrected chi connectivity index (χ1v) is 5.07. The van der Waals surface area contributed by atoms with E-state index in [-0.39, 0.29) is 11.5 Å². The molecule has 0 atom stereocenters. The number of benzene rings is 1. The maximum absolute atomic E-state index is 10.8. The molecule has 0 fully saturated rings. The monoisotopic (exact) mass is 202 g/mol. The van der Waals surface area contributed by atoms with Gasteiger partial charge in [0.1, 0.15) is 0 Å². The van der Waals surface area contributed by atoms with Gasteiger partial charge in [-0.1, -0.05) is 12.1 Å². The molecule has 1 rings (SSSR count). The van der Waals surface area contributed by atoms with Crippen molar-refractivity contribution in [1.82, 2.24) is 0 Å². The zero-order valence-electron chi connectivity index (χ0n) is 7.06. The van der Waals surface area contributed by atoms with Crippen LogP contribution in [0.25, 0.3) is 0 Å². The van der Waals surface area contributed by atoms with Crippen LogP contribution >= 0.6 is 0 Å². The van der Waals surface area contributed by atoms with E-state index < -0.39 is 10.1 Å². The SMILES string of the molecule is Cc1ccc(CO)cc1S(=O)(=O)O. The first-order chi connectivity index (χ1) is 5.95. The number of hydrogen-bond acceptors (Lipinski definition) is 3. The lowest BCUT2D eigenvalue weighted by atomic mass is 10.2. The third kappa shape index (κ3) is 2.27.